The van der Waals surface area contributed by atoms with Crippen molar-refractivity contribution >= 4 is 29.6 Å². The predicted octanol–water partition coefficient (Wildman–Crippen LogP) is 4.78. The van der Waals surface area contributed by atoms with Gasteiger partial charge in [0.15, 0.2) is 5.82 Å². The monoisotopic (exact) mass is 365 g/mol. The van der Waals surface area contributed by atoms with Crippen LogP contribution in [0.15, 0.2) is 23.3 Å². The number of hydrogen-bond acceptors (Lipinski definition) is 5. The average molecular weight is 365 g/mol. The Labute approximate surface area is 159 Å². The van der Waals surface area contributed by atoms with E-state index in [1.165, 1.54) is 12.8 Å². The number of imidazole rings is 1. The molecule has 4 rings (SSSR count). The summed E-state index contributed by atoms with van der Waals surface area (Å²) in [4.78, 5) is 16.0. The number of H-pyrrole nitrogens is 1. The highest BCUT2D eigenvalue weighted by molar-refractivity contribution is 6.20. The SMILES string of the molecule is CC(C)(C)C1CCC(Nc2nc(O)c(/C=C3\C=Nc4ncccc43)[nH]2)CC1. The van der Waals surface area contributed by atoms with E-state index in [-0.39, 0.29) is 5.88 Å². The molecule has 3 N–H and O–H groups in total. The average Bonchev–Trinajstić information content (AvgIpc) is 3.19. The van der Waals surface area contributed by atoms with Gasteiger partial charge in [0.25, 0.3) is 0 Å². The summed E-state index contributed by atoms with van der Waals surface area (Å²) in [5, 5.41) is 13.7. The number of aliphatic imine (C=N–C) groups is 1. The highest BCUT2D eigenvalue weighted by atomic mass is 16.3. The van der Waals surface area contributed by atoms with Crippen LogP contribution in [-0.2, 0) is 0 Å². The topological polar surface area (TPSA) is 86.2 Å². The third kappa shape index (κ3) is 3.75. The molecule has 6 nitrogen and oxygen atoms in total. The Hall–Kier alpha value is -2.63. The van der Waals surface area contributed by atoms with Crippen molar-refractivity contribution in [3.05, 3.63) is 29.6 Å². The zero-order chi connectivity index (χ0) is 19.0. The predicted molar refractivity (Wildman–Crippen MR) is 109 cm³/mol. The van der Waals surface area contributed by atoms with Crippen molar-refractivity contribution in [3.8, 4) is 5.88 Å². The molecule has 1 aliphatic heterocycles. The van der Waals surface area contributed by atoms with Crippen LogP contribution in [0.5, 0.6) is 5.88 Å². The van der Waals surface area contributed by atoms with Gasteiger partial charge in [-0.1, -0.05) is 20.8 Å². The summed E-state index contributed by atoms with van der Waals surface area (Å²) >= 11 is 0. The van der Waals surface area contributed by atoms with E-state index >= 15 is 0 Å². The number of fused-ring (bicyclic) bond motifs is 1. The van der Waals surface area contributed by atoms with E-state index in [0.717, 1.165) is 29.9 Å². The Bertz CT molecular complexity index is 882. The Morgan fingerprint density at radius 2 is 2.00 bits per heavy atom. The summed E-state index contributed by atoms with van der Waals surface area (Å²) in [7, 11) is 0. The van der Waals surface area contributed by atoms with Gasteiger partial charge >= 0.3 is 0 Å². The molecule has 1 fully saturated rings. The number of aromatic nitrogens is 3. The van der Waals surface area contributed by atoms with E-state index in [4.69, 9.17) is 0 Å². The van der Waals surface area contributed by atoms with Gasteiger partial charge in [0.1, 0.15) is 5.69 Å². The highest BCUT2D eigenvalue weighted by Crippen LogP contribution is 2.38. The maximum absolute atomic E-state index is 10.2. The molecule has 2 aromatic heterocycles. The summed E-state index contributed by atoms with van der Waals surface area (Å²) in [5.41, 5.74) is 2.83. The first kappa shape index (κ1) is 17.8. The van der Waals surface area contributed by atoms with Crippen molar-refractivity contribution < 1.29 is 5.11 Å². The summed E-state index contributed by atoms with van der Waals surface area (Å²) in [6, 6.07) is 4.25. The largest absolute Gasteiger partial charge is 0.492 e. The molecule has 1 aliphatic carbocycles. The third-order valence-electron chi connectivity index (χ3n) is 5.73. The summed E-state index contributed by atoms with van der Waals surface area (Å²) < 4.78 is 0. The van der Waals surface area contributed by atoms with Crippen molar-refractivity contribution in [1.82, 2.24) is 15.0 Å². The molecule has 0 aromatic carbocycles. The molecular weight excluding hydrogens is 338 g/mol. The second-order valence-electron chi connectivity index (χ2n) is 8.61. The van der Waals surface area contributed by atoms with Gasteiger partial charge in [-0.15, -0.1) is 0 Å². The molecule has 2 aliphatic rings. The lowest BCUT2D eigenvalue weighted by molar-refractivity contribution is 0.173. The van der Waals surface area contributed by atoms with Crippen LogP contribution < -0.4 is 5.32 Å². The minimum Gasteiger partial charge on any atom is -0.492 e. The molecule has 0 spiro atoms. The van der Waals surface area contributed by atoms with E-state index in [9.17, 15) is 5.11 Å². The number of nitrogens with one attached hydrogen (secondary N) is 2. The van der Waals surface area contributed by atoms with Crippen molar-refractivity contribution in [1.29, 1.82) is 0 Å². The lowest BCUT2D eigenvalue weighted by atomic mass is 9.71. The number of rotatable bonds is 3. The van der Waals surface area contributed by atoms with Crippen LogP contribution in [0.1, 0.15) is 57.7 Å². The smallest absolute Gasteiger partial charge is 0.238 e. The minimum atomic E-state index is -0.000817. The van der Waals surface area contributed by atoms with Crippen molar-refractivity contribution in [3.63, 3.8) is 0 Å². The maximum atomic E-state index is 10.2. The zero-order valence-electron chi connectivity index (χ0n) is 16.2. The highest BCUT2D eigenvalue weighted by Gasteiger charge is 2.30. The Balaban J connectivity index is 1.44. The number of anilines is 1. The molecule has 0 bridgehead atoms. The molecule has 0 unspecified atom stereocenters. The van der Waals surface area contributed by atoms with Crippen LogP contribution in [-0.4, -0.2) is 32.3 Å². The molecule has 0 saturated heterocycles. The first-order valence-corrected chi connectivity index (χ1v) is 9.67. The number of allylic oxidation sites excluding steroid dienone is 1. The summed E-state index contributed by atoms with van der Waals surface area (Å²) in [5.74, 6) is 2.10. The standard InChI is InChI=1S/C21H27N5O/c1-21(2,3)14-6-8-15(9-7-14)24-20-25-17(19(27)26-20)11-13-12-23-18-16(13)5-4-10-22-18/h4-5,10-12,14-15,27H,6-9H2,1-3H3,(H2,24,25,26)/b13-11+. The van der Waals surface area contributed by atoms with Crippen molar-refractivity contribution in [2.45, 2.75) is 52.5 Å². The van der Waals surface area contributed by atoms with Gasteiger partial charge in [-0.25, -0.2) is 9.98 Å². The first-order valence-electron chi connectivity index (χ1n) is 9.67. The van der Waals surface area contributed by atoms with Crippen LogP contribution >= 0.6 is 0 Å². The Kier molecular flexibility index (Phi) is 4.50. The fraction of sp³-hybridized carbons (Fsp3) is 0.476. The van der Waals surface area contributed by atoms with Crippen LogP contribution in [0.3, 0.4) is 0 Å². The number of hydrogen-bond donors (Lipinski definition) is 3. The van der Waals surface area contributed by atoms with Crippen molar-refractivity contribution in [2.24, 2.45) is 16.3 Å². The number of nitrogens with zero attached hydrogens (tertiary/aromatic N) is 3. The van der Waals surface area contributed by atoms with E-state index in [1.54, 1.807) is 12.4 Å². The fourth-order valence-corrected chi connectivity index (χ4v) is 4.04. The Morgan fingerprint density at radius 1 is 1.22 bits per heavy atom. The molecule has 0 amide bonds. The lowest BCUT2D eigenvalue weighted by Crippen LogP contribution is -2.31. The molecular formula is C21H27N5O. The van der Waals surface area contributed by atoms with Crippen LogP contribution in [0.2, 0.25) is 0 Å². The number of aromatic hydroxyl groups is 1. The third-order valence-corrected chi connectivity index (χ3v) is 5.73. The van der Waals surface area contributed by atoms with Gasteiger partial charge in [0.05, 0.1) is 0 Å². The second-order valence-corrected chi connectivity index (χ2v) is 8.61. The van der Waals surface area contributed by atoms with Gasteiger partial charge in [-0.05, 0) is 55.2 Å². The lowest BCUT2D eigenvalue weighted by Gasteiger charge is -2.37. The van der Waals surface area contributed by atoms with Gasteiger partial charge in [0, 0.05) is 29.6 Å². The maximum Gasteiger partial charge on any atom is 0.238 e. The zero-order valence-corrected chi connectivity index (χ0v) is 16.2. The van der Waals surface area contributed by atoms with E-state index in [0.29, 0.717) is 28.9 Å². The van der Waals surface area contributed by atoms with Crippen molar-refractivity contribution in [2.75, 3.05) is 5.32 Å². The fourth-order valence-electron chi connectivity index (χ4n) is 4.04. The molecule has 0 atom stereocenters. The summed E-state index contributed by atoms with van der Waals surface area (Å²) in [6.45, 7) is 6.99. The number of pyridine rings is 1. The molecule has 2 aromatic rings. The van der Waals surface area contributed by atoms with Crippen LogP contribution in [0, 0.1) is 11.3 Å². The summed E-state index contributed by atoms with van der Waals surface area (Å²) in [6.07, 6.45) is 10.1. The minimum absolute atomic E-state index is 0.000817. The molecule has 6 heteroatoms. The normalized spacial score (nSPS) is 23.6. The molecule has 3 heterocycles. The van der Waals surface area contributed by atoms with Gasteiger partial charge in [0.2, 0.25) is 11.8 Å². The quantitative estimate of drug-likeness (QED) is 0.730. The Morgan fingerprint density at radius 3 is 2.74 bits per heavy atom. The second kappa shape index (κ2) is 6.83. The first-order chi connectivity index (χ1) is 12.9. The van der Waals surface area contributed by atoms with Gasteiger partial charge < -0.3 is 15.4 Å². The van der Waals surface area contributed by atoms with Gasteiger partial charge in [-0.3, -0.25) is 0 Å². The van der Waals surface area contributed by atoms with Crippen LogP contribution in [0.25, 0.3) is 11.6 Å². The van der Waals surface area contributed by atoms with Crippen LogP contribution in [0.4, 0.5) is 11.8 Å². The van der Waals surface area contributed by atoms with E-state index < -0.39 is 0 Å². The number of aromatic amines is 1. The van der Waals surface area contributed by atoms with E-state index in [1.807, 2.05) is 18.2 Å². The van der Waals surface area contributed by atoms with Gasteiger partial charge in [-0.2, -0.15) is 4.98 Å². The molecule has 27 heavy (non-hydrogen) atoms. The molecule has 0 radical (unpaired) electrons. The molecule has 1 saturated carbocycles. The van der Waals surface area contributed by atoms with E-state index in [2.05, 4.69) is 46.0 Å². The molecule has 142 valence electrons.